The average molecular weight is 840 g/mol. The summed E-state index contributed by atoms with van der Waals surface area (Å²) in [6.45, 7) is 4.43. The van der Waals surface area contributed by atoms with Crippen LogP contribution in [0, 0.1) is 0 Å². The Morgan fingerprint density at radius 2 is 0.913 bits per heavy atom. The van der Waals surface area contributed by atoms with Gasteiger partial charge in [-0.25, -0.2) is 0 Å². The van der Waals surface area contributed by atoms with Gasteiger partial charge in [0.25, 0.3) is 0 Å². The molecule has 0 spiro atoms. The van der Waals surface area contributed by atoms with E-state index < -0.39 is 43.4 Å². The molecule has 0 radical (unpaired) electrons. The third-order valence-corrected chi connectivity index (χ3v) is 33.0. The van der Waals surface area contributed by atoms with Gasteiger partial charge in [0.1, 0.15) is 0 Å². The van der Waals surface area contributed by atoms with Crippen molar-refractivity contribution in [2.75, 3.05) is 0 Å². The number of fused-ring (bicyclic) bond motifs is 2. The molecule has 0 saturated carbocycles. The van der Waals surface area contributed by atoms with Gasteiger partial charge in [0, 0.05) is 0 Å². The molecule has 4 aromatic rings. The van der Waals surface area contributed by atoms with E-state index in [9.17, 15) is 26.3 Å². The second-order valence-corrected chi connectivity index (χ2v) is 29.1. The SMILES string of the molecule is CC1=Cc2c(-c3ccc(C(F)(F)F)cc3)cccc2[CH]1[Hf]1([CH]2C(C)=Cc3c(-c4ccc(C(F)(F)F)cc4)cccc32)[CH2]C[CH2]1.Cl.Cl. The van der Waals surface area contributed by atoms with E-state index in [1.165, 1.54) is 37.0 Å². The van der Waals surface area contributed by atoms with E-state index in [2.05, 4.69) is 38.1 Å². The standard InChI is InChI=1S/2C17H12F3.C3H6.2ClH.Hf/c2*1-11-9-13-3-2-4-15(16(13)10-11)12-5-7-14(8-6-12)17(18,19)20;1-3-2;;;/h2*2-10H,1H3;1-3H2;2*1H;. The molecule has 240 valence electrons. The summed E-state index contributed by atoms with van der Waals surface area (Å²) < 4.78 is 82.7. The van der Waals surface area contributed by atoms with E-state index in [0.29, 0.717) is 7.35 Å². The van der Waals surface area contributed by atoms with Crippen LogP contribution in [0.5, 0.6) is 0 Å². The topological polar surface area (TPSA) is 0 Å². The van der Waals surface area contributed by atoms with Crippen LogP contribution in [0.25, 0.3) is 34.4 Å². The average Bonchev–Trinajstić information content (AvgIpc) is 3.48. The number of hydrogen-bond donors (Lipinski definition) is 0. The number of rotatable bonds is 4. The van der Waals surface area contributed by atoms with Crippen LogP contribution < -0.4 is 0 Å². The van der Waals surface area contributed by atoms with Crippen molar-refractivity contribution in [1.29, 1.82) is 0 Å². The number of allylic oxidation sites excluding steroid dienone is 2. The molecule has 1 saturated heterocycles. The van der Waals surface area contributed by atoms with Crippen LogP contribution in [0.4, 0.5) is 26.3 Å². The van der Waals surface area contributed by atoms with Crippen molar-refractivity contribution in [2.24, 2.45) is 0 Å². The third-order valence-electron chi connectivity index (χ3n) is 10.0. The van der Waals surface area contributed by atoms with Gasteiger partial charge < -0.3 is 0 Å². The molecule has 46 heavy (non-hydrogen) atoms. The van der Waals surface area contributed by atoms with Crippen molar-refractivity contribution in [3.8, 4) is 22.3 Å². The van der Waals surface area contributed by atoms with Crippen LogP contribution in [-0.4, -0.2) is 0 Å². The van der Waals surface area contributed by atoms with Crippen LogP contribution in [-0.2, 0) is 32.3 Å². The monoisotopic (exact) mass is 840 g/mol. The Balaban J connectivity index is 0.00000208. The smallest absolute Gasteiger partial charge is 0.147 e. The maximum atomic E-state index is 13.2. The normalized spacial score (nSPS) is 19.6. The van der Waals surface area contributed by atoms with E-state index in [-0.39, 0.29) is 24.8 Å². The predicted molar refractivity (Wildman–Crippen MR) is 175 cm³/mol. The molecule has 1 heterocycles. The molecule has 9 heteroatoms. The van der Waals surface area contributed by atoms with E-state index in [1.54, 1.807) is 24.3 Å². The molecule has 1 aliphatic heterocycles. The molecule has 0 aromatic heterocycles. The van der Waals surface area contributed by atoms with Crippen LogP contribution in [0.15, 0.2) is 96.1 Å². The molecule has 2 aliphatic carbocycles. The number of benzene rings is 4. The third kappa shape index (κ3) is 5.64. The summed E-state index contributed by atoms with van der Waals surface area (Å²) in [5.74, 6) is 0. The first-order valence-electron chi connectivity index (χ1n) is 14.9. The molecule has 4 aromatic carbocycles. The molecule has 2 atom stereocenters. The van der Waals surface area contributed by atoms with Crippen molar-refractivity contribution in [3.05, 3.63) is 129 Å². The van der Waals surface area contributed by atoms with Crippen molar-refractivity contribution in [1.82, 2.24) is 0 Å². The minimum Gasteiger partial charge on any atom is -0.147 e. The molecule has 0 amide bonds. The van der Waals surface area contributed by atoms with Gasteiger partial charge in [-0.05, 0) is 0 Å². The van der Waals surface area contributed by atoms with Crippen molar-refractivity contribution in [3.63, 3.8) is 0 Å². The number of halogens is 8. The van der Waals surface area contributed by atoms with Gasteiger partial charge in [-0.3, -0.25) is 0 Å². The van der Waals surface area contributed by atoms with Gasteiger partial charge >= 0.3 is 258 Å². The Morgan fingerprint density at radius 1 is 0.543 bits per heavy atom. The summed E-state index contributed by atoms with van der Waals surface area (Å²) in [6, 6.07) is 23.4. The minimum atomic E-state index is -4.38. The fraction of sp³-hybridized carbons (Fsp3) is 0.243. The second kappa shape index (κ2) is 12.4. The number of hydrogen-bond acceptors (Lipinski definition) is 0. The predicted octanol–water partition coefficient (Wildman–Crippen LogP) is 12.9. The van der Waals surface area contributed by atoms with Gasteiger partial charge in [-0.15, -0.1) is 24.8 Å². The minimum absolute atomic E-state index is 0. The first-order chi connectivity index (χ1) is 20.9. The Kier molecular flexibility index (Phi) is 9.39. The van der Waals surface area contributed by atoms with E-state index in [4.69, 9.17) is 0 Å². The zero-order valence-electron chi connectivity index (χ0n) is 25.1. The fourth-order valence-corrected chi connectivity index (χ4v) is 31.1. The summed E-state index contributed by atoms with van der Waals surface area (Å²) in [6.07, 6.45) is -3.02. The summed E-state index contributed by atoms with van der Waals surface area (Å²) in [5, 5.41) is 0. The van der Waals surface area contributed by atoms with Crippen molar-refractivity contribution < 1.29 is 46.3 Å². The van der Waals surface area contributed by atoms with E-state index >= 15 is 0 Å². The van der Waals surface area contributed by atoms with Crippen molar-refractivity contribution in [2.45, 2.75) is 48.3 Å². The molecule has 0 bridgehead atoms. The molecule has 0 N–H and O–H groups in total. The van der Waals surface area contributed by atoms with Crippen LogP contribution >= 0.6 is 24.8 Å². The zero-order valence-corrected chi connectivity index (χ0v) is 30.3. The summed E-state index contributed by atoms with van der Waals surface area (Å²) in [7, 11) is 0. The maximum absolute atomic E-state index is 13.2. The maximum Gasteiger partial charge on any atom is -0.147 e. The van der Waals surface area contributed by atoms with Gasteiger partial charge in [-0.1, -0.05) is 0 Å². The zero-order chi connectivity index (χ0) is 31.0. The second-order valence-electron chi connectivity index (χ2n) is 12.5. The largest absolute Gasteiger partial charge is 0.147 e. The summed E-state index contributed by atoms with van der Waals surface area (Å²) >= 11 is -3.24. The van der Waals surface area contributed by atoms with Gasteiger partial charge in [0.05, 0.1) is 0 Å². The Labute approximate surface area is 281 Å². The first kappa shape index (κ1) is 34.7. The Morgan fingerprint density at radius 3 is 1.22 bits per heavy atom. The molecule has 1 fully saturated rings. The van der Waals surface area contributed by atoms with Crippen LogP contribution in [0.2, 0.25) is 8.35 Å². The molecule has 7 rings (SSSR count). The number of alkyl halides is 6. The molecule has 0 nitrogen and oxygen atoms in total. The first-order valence-corrected chi connectivity index (χ1v) is 24.1. The molecule has 3 aliphatic rings. The van der Waals surface area contributed by atoms with Gasteiger partial charge in [0.15, 0.2) is 0 Å². The van der Waals surface area contributed by atoms with Gasteiger partial charge in [-0.2, -0.15) is 0 Å². The molecular weight excluding hydrogens is 808 g/mol. The van der Waals surface area contributed by atoms with Crippen LogP contribution in [0.1, 0.15) is 61.0 Å². The molecule has 2 unspecified atom stereocenters. The van der Waals surface area contributed by atoms with E-state index in [0.717, 1.165) is 57.6 Å². The molecular formula is C37H32Cl2F6Hf. The fourth-order valence-electron chi connectivity index (χ4n) is 8.14. The Bertz CT molecular complexity index is 1700. The quantitative estimate of drug-likeness (QED) is 0.142. The van der Waals surface area contributed by atoms with Gasteiger partial charge in [0.2, 0.25) is 0 Å². The van der Waals surface area contributed by atoms with E-state index in [1.807, 2.05) is 24.3 Å². The summed E-state index contributed by atoms with van der Waals surface area (Å²) in [5.41, 5.74) is 9.74. The summed E-state index contributed by atoms with van der Waals surface area (Å²) in [4.78, 5) is 0. The van der Waals surface area contributed by atoms with Crippen LogP contribution in [0.3, 0.4) is 0 Å². The van der Waals surface area contributed by atoms with Crippen molar-refractivity contribution >= 4 is 37.0 Å². The Hall–Kier alpha value is -2.61.